The van der Waals surface area contributed by atoms with Gasteiger partial charge in [-0.3, -0.25) is 0 Å². The van der Waals surface area contributed by atoms with Crippen LogP contribution in [0.2, 0.25) is 0 Å². The van der Waals surface area contributed by atoms with E-state index in [4.69, 9.17) is 4.74 Å². The molecule has 0 amide bonds. The van der Waals surface area contributed by atoms with Crippen molar-refractivity contribution in [2.24, 2.45) is 5.92 Å². The molecule has 2 nitrogen and oxygen atoms in total. The van der Waals surface area contributed by atoms with Crippen LogP contribution in [0.1, 0.15) is 19.8 Å². The van der Waals surface area contributed by atoms with Crippen molar-refractivity contribution in [3.63, 3.8) is 0 Å². The molecule has 0 radical (unpaired) electrons. The molecule has 1 aliphatic rings. The van der Waals surface area contributed by atoms with Crippen LogP contribution >= 0.6 is 0 Å². The molecule has 0 fully saturated rings. The summed E-state index contributed by atoms with van der Waals surface area (Å²) < 4.78 is 4.92. The standard InChI is InChI=1S/C9H16O2/c1-8-3-5-9(10,6-4-8)7-11-2/h3,5,8,10H,4,6-7H2,1-2H3. The molecule has 64 valence electrons. The molecule has 1 aliphatic carbocycles. The molecule has 2 heteroatoms. The summed E-state index contributed by atoms with van der Waals surface area (Å²) in [5, 5.41) is 9.78. The van der Waals surface area contributed by atoms with Gasteiger partial charge in [-0.25, -0.2) is 0 Å². The average Bonchev–Trinajstić information content (AvgIpc) is 1.97. The maximum absolute atomic E-state index is 9.78. The van der Waals surface area contributed by atoms with Crippen LogP contribution in [0.15, 0.2) is 12.2 Å². The van der Waals surface area contributed by atoms with Crippen LogP contribution in [-0.4, -0.2) is 24.4 Å². The number of ether oxygens (including phenoxy) is 1. The zero-order valence-corrected chi connectivity index (χ0v) is 7.21. The van der Waals surface area contributed by atoms with Gasteiger partial charge in [0.05, 0.1) is 6.61 Å². The summed E-state index contributed by atoms with van der Waals surface area (Å²) in [4.78, 5) is 0. The minimum Gasteiger partial charge on any atom is -0.383 e. The van der Waals surface area contributed by atoms with E-state index in [9.17, 15) is 5.11 Å². The van der Waals surface area contributed by atoms with E-state index in [-0.39, 0.29) is 0 Å². The fraction of sp³-hybridized carbons (Fsp3) is 0.778. The van der Waals surface area contributed by atoms with Gasteiger partial charge in [0.1, 0.15) is 5.60 Å². The molecule has 0 saturated heterocycles. The summed E-state index contributed by atoms with van der Waals surface area (Å²) in [5.74, 6) is 0.604. The second-order valence-corrected chi connectivity index (χ2v) is 3.41. The first-order chi connectivity index (χ1) is 5.16. The van der Waals surface area contributed by atoms with Gasteiger partial charge in [-0.2, -0.15) is 0 Å². The highest BCUT2D eigenvalue weighted by molar-refractivity contribution is 5.06. The van der Waals surface area contributed by atoms with Gasteiger partial charge in [0.25, 0.3) is 0 Å². The van der Waals surface area contributed by atoms with Gasteiger partial charge < -0.3 is 9.84 Å². The van der Waals surface area contributed by atoms with Crippen LogP contribution in [-0.2, 0) is 4.74 Å². The molecule has 2 unspecified atom stereocenters. The Balaban J connectivity index is 2.53. The number of rotatable bonds is 2. The summed E-state index contributed by atoms with van der Waals surface area (Å²) in [5.41, 5.74) is -0.693. The second kappa shape index (κ2) is 3.37. The number of hydrogen-bond acceptors (Lipinski definition) is 2. The first-order valence-corrected chi connectivity index (χ1v) is 4.07. The molecule has 0 aromatic carbocycles. The Kier molecular flexibility index (Phi) is 2.68. The zero-order chi connectivity index (χ0) is 8.32. The number of methoxy groups -OCH3 is 1. The normalized spacial score (nSPS) is 37.5. The summed E-state index contributed by atoms with van der Waals surface area (Å²) >= 11 is 0. The van der Waals surface area contributed by atoms with Gasteiger partial charge >= 0.3 is 0 Å². The molecule has 0 aromatic rings. The lowest BCUT2D eigenvalue weighted by Crippen LogP contribution is -2.34. The Morgan fingerprint density at radius 3 is 2.91 bits per heavy atom. The molecule has 0 aliphatic heterocycles. The molecular formula is C9H16O2. The summed E-state index contributed by atoms with van der Waals surface area (Å²) in [6.45, 7) is 2.57. The van der Waals surface area contributed by atoms with Crippen LogP contribution < -0.4 is 0 Å². The van der Waals surface area contributed by atoms with Crippen molar-refractivity contribution in [2.75, 3.05) is 13.7 Å². The molecule has 0 aromatic heterocycles. The van der Waals surface area contributed by atoms with Crippen molar-refractivity contribution >= 4 is 0 Å². The highest BCUT2D eigenvalue weighted by atomic mass is 16.5. The minimum atomic E-state index is -0.693. The van der Waals surface area contributed by atoms with Gasteiger partial charge in [0.2, 0.25) is 0 Å². The molecule has 11 heavy (non-hydrogen) atoms. The Hall–Kier alpha value is -0.340. The van der Waals surface area contributed by atoms with Gasteiger partial charge in [-0.15, -0.1) is 0 Å². The van der Waals surface area contributed by atoms with Crippen molar-refractivity contribution < 1.29 is 9.84 Å². The van der Waals surface area contributed by atoms with Crippen LogP contribution in [0.25, 0.3) is 0 Å². The topological polar surface area (TPSA) is 29.5 Å². The zero-order valence-electron chi connectivity index (χ0n) is 7.21. The van der Waals surface area contributed by atoms with Gasteiger partial charge in [-0.05, 0) is 18.8 Å². The van der Waals surface area contributed by atoms with E-state index in [1.54, 1.807) is 7.11 Å². The van der Waals surface area contributed by atoms with Crippen LogP contribution in [0.3, 0.4) is 0 Å². The average molecular weight is 156 g/mol. The molecule has 0 heterocycles. The molecule has 1 rings (SSSR count). The lowest BCUT2D eigenvalue weighted by atomic mass is 9.87. The SMILES string of the molecule is COCC1(O)C=CC(C)CC1. The Bertz CT molecular complexity index is 154. The number of allylic oxidation sites excluding steroid dienone is 1. The van der Waals surface area contributed by atoms with E-state index < -0.39 is 5.60 Å². The molecule has 2 atom stereocenters. The number of hydrogen-bond donors (Lipinski definition) is 1. The van der Waals surface area contributed by atoms with Crippen molar-refractivity contribution in [2.45, 2.75) is 25.4 Å². The third-order valence-corrected chi connectivity index (χ3v) is 2.16. The van der Waals surface area contributed by atoms with E-state index in [2.05, 4.69) is 13.0 Å². The molecule has 0 bridgehead atoms. The lowest BCUT2D eigenvalue weighted by molar-refractivity contribution is -0.00680. The second-order valence-electron chi connectivity index (χ2n) is 3.41. The summed E-state index contributed by atoms with van der Waals surface area (Å²) in [6.07, 6.45) is 5.79. The fourth-order valence-electron chi connectivity index (χ4n) is 1.37. The fourth-order valence-corrected chi connectivity index (χ4v) is 1.37. The lowest BCUT2D eigenvalue weighted by Gasteiger charge is -2.28. The van der Waals surface area contributed by atoms with Crippen LogP contribution in [0.5, 0.6) is 0 Å². The van der Waals surface area contributed by atoms with Crippen LogP contribution in [0.4, 0.5) is 0 Å². The van der Waals surface area contributed by atoms with Crippen LogP contribution in [0, 0.1) is 5.92 Å². The van der Waals surface area contributed by atoms with E-state index in [1.807, 2.05) is 6.08 Å². The third kappa shape index (κ3) is 2.31. The first kappa shape index (κ1) is 8.75. The Morgan fingerprint density at radius 1 is 1.73 bits per heavy atom. The van der Waals surface area contributed by atoms with E-state index in [0.717, 1.165) is 12.8 Å². The number of aliphatic hydroxyl groups is 1. The Labute approximate surface area is 67.9 Å². The summed E-state index contributed by atoms with van der Waals surface area (Å²) in [6, 6.07) is 0. The van der Waals surface area contributed by atoms with Crippen molar-refractivity contribution in [3.05, 3.63) is 12.2 Å². The monoisotopic (exact) mass is 156 g/mol. The highest BCUT2D eigenvalue weighted by Crippen LogP contribution is 2.25. The predicted molar refractivity (Wildman–Crippen MR) is 44.4 cm³/mol. The van der Waals surface area contributed by atoms with E-state index in [1.165, 1.54) is 0 Å². The molecular weight excluding hydrogens is 140 g/mol. The smallest absolute Gasteiger partial charge is 0.106 e. The minimum absolute atomic E-state index is 0.413. The van der Waals surface area contributed by atoms with Gasteiger partial charge in [0.15, 0.2) is 0 Å². The quantitative estimate of drug-likeness (QED) is 0.611. The molecule has 0 spiro atoms. The largest absolute Gasteiger partial charge is 0.383 e. The van der Waals surface area contributed by atoms with Crippen molar-refractivity contribution in [1.29, 1.82) is 0 Å². The van der Waals surface area contributed by atoms with Crippen molar-refractivity contribution in [3.8, 4) is 0 Å². The summed E-state index contributed by atoms with van der Waals surface area (Å²) in [7, 11) is 1.61. The predicted octanol–water partition coefficient (Wildman–Crippen LogP) is 1.35. The maximum Gasteiger partial charge on any atom is 0.106 e. The third-order valence-electron chi connectivity index (χ3n) is 2.16. The van der Waals surface area contributed by atoms with Gasteiger partial charge in [-0.1, -0.05) is 19.1 Å². The first-order valence-electron chi connectivity index (χ1n) is 4.07. The van der Waals surface area contributed by atoms with Gasteiger partial charge in [0, 0.05) is 7.11 Å². The highest BCUT2D eigenvalue weighted by Gasteiger charge is 2.26. The van der Waals surface area contributed by atoms with Crippen molar-refractivity contribution in [1.82, 2.24) is 0 Å². The molecule has 1 N–H and O–H groups in total. The van der Waals surface area contributed by atoms with E-state index in [0.29, 0.717) is 12.5 Å². The van der Waals surface area contributed by atoms with E-state index >= 15 is 0 Å². The Morgan fingerprint density at radius 2 is 2.45 bits per heavy atom. The maximum atomic E-state index is 9.78. The molecule has 0 saturated carbocycles.